The van der Waals surface area contributed by atoms with Crippen molar-refractivity contribution in [1.82, 2.24) is 5.06 Å². The van der Waals surface area contributed by atoms with E-state index in [2.05, 4.69) is 0 Å². The quantitative estimate of drug-likeness (QED) is 0.0300. The number of likely N-dealkylation sites (N-methyl/N-ethyl adjacent to an activating group) is 1. The van der Waals surface area contributed by atoms with Crippen LogP contribution in [0.15, 0.2) is 92.0 Å². The van der Waals surface area contributed by atoms with E-state index >= 15 is 0 Å². The molecule has 1 saturated heterocycles. The highest BCUT2D eigenvalue weighted by Gasteiger charge is 2.50. The molecule has 7 rings (SSSR count). The molecule has 406 valence electrons. The van der Waals surface area contributed by atoms with Gasteiger partial charge in [-0.25, -0.2) is 4.79 Å². The van der Waals surface area contributed by atoms with Gasteiger partial charge in [-0.2, -0.15) is 46.7 Å². The number of hydrogen-bond acceptors (Lipinski definition) is 16. The molecule has 2 amide bonds. The van der Waals surface area contributed by atoms with E-state index in [0.29, 0.717) is 58.4 Å². The molecule has 28 heteroatoms. The van der Waals surface area contributed by atoms with Crippen LogP contribution in [0.2, 0.25) is 0 Å². The van der Waals surface area contributed by atoms with Crippen LogP contribution < -0.4 is 4.90 Å². The van der Waals surface area contributed by atoms with Crippen molar-refractivity contribution in [3.05, 3.63) is 83.6 Å². The third kappa shape index (κ3) is 11.5. The minimum atomic E-state index is -5.18. The van der Waals surface area contributed by atoms with Gasteiger partial charge in [0, 0.05) is 91.2 Å². The Bertz CT molecular complexity index is 3740. The molecule has 1 fully saturated rings. The predicted octanol–water partition coefficient (Wildman–Crippen LogP) is 5.45. The number of carbonyl (C=O) groups is 3. The summed E-state index contributed by atoms with van der Waals surface area (Å²) in [5, 5.41) is 0.228. The summed E-state index contributed by atoms with van der Waals surface area (Å²) in [5.41, 5.74) is -0.0693. The van der Waals surface area contributed by atoms with Crippen LogP contribution in [0.4, 0.5) is 11.4 Å². The number of imide groups is 1. The number of carbonyl (C=O) groups excluding carboxylic acids is 3. The first-order chi connectivity index (χ1) is 34.8. The van der Waals surface area contributed by atoms with Crippen LogP contribution in [0.5, 0.6) is 0 Å². The number of nitrogens with zero attached hydrogens (tertiary/aromatic N) is 3. The number of anilines is 1. The molecule has 2 atom stereocenters. The van der Waals surface area contributed by atoms with Crippen molar-refractivity contribution in [2.24, 2.45) is 0 Å². The molecule has 0 bridgehead atoms. The number of unbranched alkanes of at least 4 members (excludes halogenated alkanes) is 2. The Balaban J connectivity index is 1.42. The summed E-state index contributed by atoms with van der Waals surface area (Å²) in [4.78, 5) is 40.3. The minimum absolute atomic E-state index is 0.0501. The van der Waals surface area contributed by atoms with E-state index < -0.39 is 105 Å². The lowest BCUT2D eigenvalue weighted by Gasteiger charge is -2.30. The van der Waals surface area contributed by atoms with E-state index in [4.69, 9.17) is 9.57 Å². The zero-order valence-corrected chi connectivity index (χ0v) is 44.9. The lowest BCUT2D eigenvalue weighted by Crippen LogP contribution is -2.32. The van der Waals surface area contributed by atoms with Gasteiger partial charge in [0.2, 0.25) is 5.69 Å². The smallest absolute Gasteiger partial charge is 0.333 e. The largest absolute Gasteiger partial charge is 0.385 e. The molecule has 75 heavy (non-hydrogen) atoms. The van der Waals surface area contributed by atoms with E-state index in [-0.39, 0.29) is 91.8 Å². The van der Waals surface area contributed by atoms with Gasteiger partial charge in [0.1, 0.15) is 16.3 Å². The van der Waals surface area contributed by atoms with Gasteiger partial charge in [0.05, 0.1) is 21.0 Å². The molecular formula is C47H54N3O20S5+. The van der Waals surface area contributed by atoms with E-state index in [0.717, 1.165) is 12.1 Å². The number of hydroxylamine groups is 2. The molecule has 5 N–H and O–H groups in total. The first-order valence-corrected chi connectivity index (χ1v) is 30.6. The molecule has 2 unspecified atom stereocenters. The zero-order chi connectivity index (χ0) is 55.4. The molecule has 3 aliphatic rings. The van der Waals surface area contributed by atoms with Crippen LogP contribution >= 0.6 is 0 Å². The van der Waals surface area contributed by atoms with Crippen LogP contribution in [-0.4, -0.2) is 131 Å². The molecule has 23 nitrogen and oxygen atoms in total. The first kappa shape index (κ1) is 57.2. The SMILES string of the molecule is CCN1C(=CC=CC2=[N+](CCCCCC(=O)ON3C(=O)CCC3=O)c3ccc4c(S(=O)(=O)O)cc(S(=O)(=O)O)cc4c3C2(C)CCCS(=O)(=O)O)C(C)(CCOC)c2c1ccc1c(S(=O)(=O)O)cc(S(=O)(=O)O)cc21. The second kappa shape index (κ2) is 20.8. The maximum Gasteiger partial charge on any atom is 0.333 e. The van der Waals surface area contributed by atoms with E-state index in [9.17, 15) is 79.2 Å². The molecule has 0 aliphatic carbocycles. The molecule has 0 spiro atoms. The summed E-state index contributed by atoms with van der Waals surface area (Å²) in [6.45, 7) is 5.81. The lowest BCUT2D eigenvalue weighted by molar-refractivity contribution is -0.438. The summed E-state index contributed by atoms with van der Waals surface area (Å²) < 4.78 is 185. The lowest BCUT2D eigenvalue weighted by atomic mass is 9.74. The Kier molecular flexibility index (Phi) is 15.8. The van der Waals surface area contributed by atoms with Crippen molar-refractivity contribution in [3.8, 4) is 0 Å². The number of allylic oxidation sites excluding steroid dienone is 4. The highest BCUT2D eigenvalue weighted by Crippen LogP contribution is 2.54. The van der Waals surface area contributed by atoms with E-state index in [1.54, 1.807) is 42.7 Å². The van der Waals surface area contributed by atoms with Gasteiger partial charge < -0.3 is 14.5 Å². The van der Waals surface area contributed by atoms with Gasteiger partial charge >= 0.3 is 5.97 Å². The van der Waals surface area contributed by atoms with Gasteiger partial charge in [0.15, 0.2) is 5.71 Å². The Labute approximate surface area is 433 Å². The number of methoxy groups -OCH3 is 1. The van der Waals surface area contributed by atoms with Crippen molar-refractivity contribution in [2.75, 3.05) is 37.5 Å². The van der Waals surface area contributed by atoms with Crippen molar-refractivity contribution < 1.29 is 93.4 Å². The molecule has 4 aromatic carbocycles. The van der Waals surface area contributed by atoms with Gasteiger partial charge in [0.25, 0.3) is 62.4 Å². The van der Waals surface area contributed by atoms with Gasteiger partial charge in [-0.05, 0) is 112 Å². The number of hydrogen-bond donors (Lipinski definition) is 5. The fraction of sp³-hybridized carbons (Fsp3) is 0.404. The highest BCUT2D eigenvalue weighted by atomic mass is 32.2. The maximum absolute atomic E-state index is 12.9. The molecule has 0 aromatic heterocycles. The number of ether oxygens (including phenoxy) is 1. The Hall–Kier alpha value is -5.53. The average Bonchev–Trinajstić information content (AvgIpc) is 3.84. The third-order valence-electron chi connectivity index (χ3n) is 13.8. The summed E-state index contributed by atoms with van der Waals surface area (Å²) in [6, 6.07) is 9.22. The van der Waals surface area contributed by atoms with E-state index in [1.165, 1.54) is 25.3 Å². The molecule has 0 radical (unpaired) electrons. The predicted molar refractivity (Wildman–Crippen MR) is 270 cm³/mol. The monoisotopic (exact) mass is 1140 g/mol. The first-order valence-electron chi connectivity index (χ1n) is 23.2. The van der Waals surface area contributed by atoms with Crippen molar-refractivity contribution in [3.63, 3.8) is 0 Å². The van der Waals surface area contributed by atoms with Crippen LogP contribution in [0.25, 0.3) is 21.5 Å². The molecule has 0 saturated carbocycles. The Morgan fingerprint density at radius 2 is 1.25 bits per heavy atom. The normalized spacial score (nSPS) is 20.1. The zero-order valence-electron chi connectivity index (χ0n) is 40.8. The van der Waals surface area contributed by atoms with Crippen LogP contribution in [0.1, 0.15) is 89.7 Å². The van der Waals surface area contributed by atoms with Gasteiger partial charge in [-0.1, -0.05) is 12.1 Å². The summed E-state index contributed by atoms with van der Waals surface area (Å²) in [5.74, 6) is -2.86. The number of amides is 2. The molecular weight excluding hydrogens is 1090 g/mol. The van der Waals surface area contributed by atoms with Crippen molar-refractivity contribution in [2.45, 2.75) is 109 Å². The second-order valence-corrected chi connectivity index (χ2v) is 25.9. The van der Waals surface area contributed by atoms with Crippen LogP contribution in [0, 0.1) is 0 Å². The van der Waals surface area contributed by atoms with E-state index in [1.807, 2.05) is 11.8 Å². The molecule has 4 aromatic rings. The summed E-state index contributed by atoms with van der Waals surface area (Å²) in [6.07, 6.45) is 5.39. The fourth-order valence-corrected chi connectivity index (χ4v) is 13.7. The van der Waals surface area contributed by atoms with Crippen LogP contribution in [0.3, 0.4) is 0 Å². The van der Waals surface area contributed by atoms with Gasteiger partial charge in [-0.15, -0.1) is 5.06 Å². The second-order valence-electron chi connectivity index (χ2n) is 18.7. The third-order valence-corrected chi connectivity index (χ3v) is 18.1. The summed E-state index contributed by atoms with van der Waals surface area (Å²) in [7, 11) is -23.6. The number of benzene rings is 4. The van der Waals surface area contributed by atoms with Gasteiger partial charge in [-0.3, -0.25) is 32.4 Å². The molecule has 3 aliphatic heterocycles. The van der Waals surface area contributed by atoms with Crippen molar-refractivity contribution in [1.29, 1.82) is 0 Å². The van der Waals surface area contributed by atoms with Crippen molar-refractivity contribution >= 4 is 107 Å². The average molecular weight is 1140 g/mol. The topological polar surface area (TPSA) is 351 Å². The molecule has 3 heterocycles. The Morgan fingerprint density at radius 3 is 1.77 bits per heavy atom. The number of rotatable bonds is 21. The number of fused-ring (bicyclic) bond motifs is 6. The fourth-order valence-electron chi connectivity index (χ4n) is 10.5. The Morgan fingerprint density at radius 1 is 0.693 bits per heavy atom. The summed E-state index contributed by atoms with van der Waals surface area (Å²) >= 11 is 0. The minimum Gasteiger partial charge on any atom is -0.385 e. The van der Waals surface area contributed by atoms with Crippen LogP contribution in [-0.2, 0) is 85.4 Å². The maximum atomic E-state index is 12.9. The standard InChI is InChI=1S/C47H53N3O20S5/c1-5-48-35-16-14-31-33(25-29(72(57,58)59)27-37(31)74(63,64)65)44(35)47(3,21-23-69-4)39(48)11-9-12-40-46(2,20-10-24-71(54,55)56)45-34-26-30(73(60,61)62)28-38(75(66,67)68)32(34)15-17-36(45)49(40)22-8-6-7-13-43(53)70-50-41(51)18-19-42(50)52/h9,11-12,14-17,25-28H,5-8,10,13,18-24H2,1-4H3,(H4-,54,55,56,57,58,59,60,61,62,63,64,65,66,67,68)/p+1. The highest BCUT2D eigenvalue weighted by molar-refractivity contribution is 7.87.